The van der Waals surface area contributed by atoms with Gasteiger partial charge in [0.05, 0.1) is 34.8 Å². The first kappa shape index (κ1) is 16.3. The average molecular weight is 382 g/mol. The molecule has 0 atom stereocenters. The van der Waals surface area contributed by atoms with Crippen LogP contribution in [0.5, 0.6) is 0 Å². The molecular weight excluding hydrogens is 364 g/mol. The Morgan fingerprint density at radius 1 is 0.966 bits per heavy atom. The van der Waals surface area contributed by atoms with E-state index in [1.807, 2.05) is 30.3 Å². The van der Waals surface area contributed by atoms with Crippen molar-refractivity contribution < 1.29 is 4.42 Å². The lowest BCUT2D eigenvalue weighted by molar-refractivity contribution is 0.568. The predicted molar refractivity (Wildman–Crippen MR) is 112 cm³/mol. The number of nitrogens with zero attached hydrogens (tertiary/aromatic N) is 3. The van der Waals surface area contributed by atoms with E-state index in [1.54, 1.807) is 12.5 Å². The summed E-state index contributed by atoms with van der Waals surface area (Å²) in [7, 11) is 0. The van der Waals surface area contributed by atoms with E-state index in [-0.39, 0.29) is 0 Å². The van der Waals surface area contributed by atoms with Gasteiger partial charge in [0.15, 0.2) is 11.5 Å². The summed E-state index contributed by atoms with van der Waals surface area (Å²) in [6, 6.07) is 12.1. The predicted octanol–water partition coefficient (Wildman–Crippen LogP) is 4.14. The van der Waals surface area contributed by atoms with Gasteiger partial charge in [0.2, 0.25) is 0 Å². The molecule has 5 heterocycles. The third kappa shape index (κ3) is 2.67. The molecule has 29 heavy (non-hydrogen) atoms. The SMILES string of the molecule is C1=C(c2ccc3[nH]nc(-c4nc5c(-c6ccoc6)cccc5[nH]4)c3n2)CCNC1. The van der Waals surface area contributed by atoms with Gasteiger partial charge in [-0.25, -0.2) is 9.97 Å². The molecule has 0 saturated carbocycles. The van der Waals surface area contributed by atoms with Gasteiger partial charge in [-0.3, -0.25) is 5.10 Å². The van der Waals surface area contributed by atoms with Crippen molar-refractivity contribution in [3.8, 4) is 22.6 Å². The number of benzene rings is 1. The smallest absolute Gasteiger partial charge is 0.161 e. The van der Waals surface area contributed by atoms with Crippen LogP contribution in [-0.4, -0.2) is 38.2 Å². The zero-order chi connectivity index (χ0) is 19.2. The average Bonchev–Trinajstić information content (AvgIpc) is 3.52. The van der Waals surface area contributed by atoms with Crippen molar-refractivity contribution in [1.82, 2.24) is 30.5 Å². The summed E-state index contributed by atoms with van der Waals surface area (Å²) in [5, 5.41) is 10.9. The second-order valence-electron chi connectivity index (χ2n) is 7.15. The van der Waals surface area contributed by atoms with Crippen LogP contribution in [0.15, 0.2) is 59.4 Å². The van der Waals surface area contributed by atoms with Gasteiger partial charge in [-0.1, -0.05) is 18.2 Å². The standard InChI is InChI=1S/C22H18N6O/c1-2-15(14-8-11-29-12-14)19-17(3-1)25-22(26-19)21-20-18(27-28-21)5-4-16(24-20)13-6-9-23-10-7-13/h1-6,8,11-12,23H,7,9-10H2,(H,25,26)(H,27,28). The molecule has 1 aliphatic heterocycles. The topological polar surface area (TPSA) is 95.4 Å². The molecule has 0 fully saturated rings. The largest absolute Gasteiger partial charge is 0.472 e. The van der Waals surface area contributed by atoms with Gasteiger partial charge in [0.1, 0.15) is 5.52 Å². The summed E-state index contributed by atoms with van der Waals surface area (Å²) in [6.45, 7) is 1.86. The van der Waals surface area contributed by atoms with Crippen LogP contribution in [0.3, 0.4) is 0 Å². The van der Waals surface area contributed by atoms with E-state index in [2.05, 4.69) is 32.6 Å². The molecule has 1 aromatic carbocycles. The van der Waals surface area contributed by atoms with Crippen LogP contribution in [0.1, 0.15) is 12.1 Å². The highest BCUT2D eigenvalue weighted by molar-refractivity contribution is 5.96. The number of hydrogen-bond donors (Lipinski definition) is 3. The minimum absolute atomic E-state index is 0.700. The molecule has 7 heteroatoms. The lowest BCUT2D eigenvalue weighted by Crippen LogP contribution is -2.20. The van der Waals surface area contributed by atoms with E-state index in [1.165, 1.54) is 5.57 Å². The first-order valence-electron chi connectivity index (χ1n) is 9.64. The number of para-hydroxylation sites is 1. The molecule has 3 N–H and O–H groups in total. The van der Waals surface area contributed by atoms with Crippen molar-refractivity contribution in [3.05, 3.63) is 60.7 Å². The van der Waals surface area contributed by atoms with Gasteiger partial charge < -0.3 is 14.7 Å². The number of furan rings is 1. The number of H-pyrrole nitrogens is 2. The highest BCUT2D eigenvalue weighted by Crippen LogP contribution is 2.31. The number of imidazole rings is 1. The number of fused-ring (bicyclic) bond motifs is 2. The Balaban J connectivity index is 1.50. The number of rotatable bonds is 3. The Morgan fingerprint density at radius 3 is 2.83 bits per heavy atom. The summed E-state index contributed by atoms with van der Waals surface area (Å²) >= 11 is 0. The lowest BCUT2D eigenvalue weighted by Gasteiger charge is -2.13. The van der Waals surface area contributed by atoms with Crippen molar-refractivity contribution in [2.45, 2.75) is 6.42 Å². The van der Waals surface area contributed by atoms with Crippen molar-refractivity contribution in [1.29, 1.82) is 0 Å². The van der Waals surface area contributed by atoms with E-state index in [4.69, 9.17) is 14.4 Å². The number of aromatic amines is 2. The van der Waals surface area contributed by atoms with Gasteiger partial charge >= 0.3 is 0 Å². The Bertz CT molecular complexity index is 1360. The maximum Gasteiger partial charge on any atom is 0.161 e. The summed E-state index contributed by atoms with van der Waals surface area (Å²) in [5.74, 6) is 0.700. The van der Waals surface area contributed by atoms with E-state index in [0.717, 1.165) is 64.1 Å². The van der Waals surface area contributed by atoms with E-state index < -0.39 is 0 Å². The van der Waals surface area contributed by atoms with Gasteiger partial charge in [-0.2, -0.15) is 5.10 Å². The molecule has 1 aliphatic rings. The number of pyridine rings is 1. The van der Waals surface area contributed by atoms with E-state index in [0.29, 0.717) is 5.82 Å². The van der Waals surface area contributed by atoms with Crippen LogP contribution in [0.4, 0.5) is 0 Å². The molecule has 0 saturated heterocycles. The molecule has 0 spiro atoms. The highest BCUT2D eigenvalue weighted by atomic mass is 16.3. The van der Waals surface area contributed by atoms with Crippen LogP contribution in [-0.2, 0) is 0 Å². The number of hydrogen-bond acceptors (Lipinski definition) is 5. The molecule has 6 rings (SSSR count). The number of aromatic nitrogens is 5. The third-order valence-corrected chi connectivity index (χ3v) is 5.37. The molecule has 7 nitrogen and oxygen atoms in total. The van der Waals surface area contributed by atoms with E-state index in [9.17, 15) is 0 Å². The maximum absolute atomic E-state index is 5.25. The quantitative estimate of drug-likeness (QED) is 0.436. The van der Waals surface area contributed by atoms with Crippen LogP contribution in [0.2, 0.25) is 0 Å². The van der Waals surface area contributed by atoms with E-state index >= 15 is 0 Å². The fourth-order valence-electron chi connectivity index (χ4n) is 3.89. The first-order chi connectivity index (χ1) is 14.4. The van der Waals surface area contributed by atoms with Crippen LogP contribution in [0.25, 0.3) is 50.3 Å². The minimum Gasteiger partial charge on any atom is -0.472 e. The monoisotopic (exact) mass is 382 g/mol. The fourth-order valence-corrected chi connectivity index (χ4v) is 3.89. The van der Waals surface area contributed by atoms with Crippen LogP contribution < -0.4 is 5.32 Å². The van der Waals surface area contributed by atoms with Gasteiger partial charge in [0.25, 0.3) is 0 Å². The molecule has 0 bridgehead atoms. The lowest BCUT2D eigenvalue weighted by atomic mass is 10.1. The number of nitrogens with one attached hydrogen (secondary N) is 3. The minimum atomic E-state index is 0.700. The van der Waals surface area contributed by atoms with Gasteiger partial charge in [0, 0.05) is 17.7 Å². The Labute approximate surface area is 165 Å². The van der Waals surface area contributed by atoms with Crippen LogP contribution in [0, 0.1) is 0 Å². The molecule has 0 aliphatic carbocycles. The zero-order valence-electron chi connectivity index (χ0n) is 15.6. The molecule has 0 amide bonds. The second kappa shape index (κ2) is 6.42. The van der Waals surface area contributed by atoms with Gasteiger partial charge in [-0.05, 0) is 42.8 Å². The van der Waals surface area contributed by atoms with Crippen molar-refractivity contribution in [2.75, 3.05) is 13.1 Å². The maximum atomic E-state index is 5.25. The van der Waals surface area contributed by atoms with Crippen molar-refractivity contribution in [3.63, 3.8) is 0 Å². The molecule has 142 valence electrons. The third-order valence-electron chi connectivity index (χ3n) is 5.37. The molecule has 0 unspecified atom stereocenters. The Kier molecular flexibility index (Phi) is 3.60. The summed E-state index contributed by atoms with van der Waals surface area (Å²) in [5.41, 5.74) is 8.57. The first-order valence-corrected chi connectivity index (χ1v) is 9.64. The summed E-state index contributed by atoms with van der Waals surface area (Å²) in [6.07, 6.45) is 6.58. The van der Waals surface area contributed by atoms with Crippen molar-refractivity contribution >= 4 is 27.6 Å². The summed E-state index contributed by atoms with van der Waals surface area (Å²) in [4.78, 5) is 13.2. The van der Waals surface area contributed by atoms with Crippen molar-refractivity contribution in [2.24, 2.45) is 0 Å². The highest BCUT2D eigenvalue weighted by Gasteiger charge is 2.17. The molecular formula is C22H18N6O. The molecule has 0 radical (unpaired) electrons. The Morgan fingerprint density at radius 2 is 1.97 bits per heavy atom. The molecule has 5 aromatic rings. The molecule has 4 aromatic heterocycles. The fraction of sp³-hybridized carbons (Fsp3) is 0.136. The summed E-state index contributed by atoms with van der Waals surface area (Å²) < 4.78 is 5.25. The zero-order valence-corrected chi connectivity index (χ0v) is 15.6. The normalized spacial score (nSPS) is 14.6. The second-order valence-corrected chi connectivity index (χ2v) is 7.15. The Hall–Kier alpha value is -3.71. The van der Waals surface area contributed by atoms with Crippen LogP contribution >= 0.6 is 0 Å². The van der Waals surface area contributed by atoms with Gasteiger partial charge in [-0.15, -0.1) is 0 Å².